The Morgan fingerprint density at radius 2 is 2.00 bits per heavy atom. The summed E-state index contributed by atoms with van der Waals surface area (Å²) in [6, 6.07) is 11.8. The van der Waals surface area contributed by atoms with Crippen LogP contribution in [0, 0.1) is 6.92 Å². The van der Waals surface area contributed by atoms with Gasteiger partial charge in [-0.1, -0.05) is 39.4 Å². The Bertz CT molecular complexity index is 1380. The van der Waals surface area contributed by atoms with E-state index in [9.17, 15) is 9.59 Å². The number of hydrogen-bond donors (Lipinski definition) is 0. The van der Waals surface area contributed by atoms with Crippen molar-refractivity contribution < 1.29 is 13.9 Å². The Labute approximate surface area is 183 Å². The van der Waals surface area contributed by atoms with Crippen molar-refractivity contribution >= 4 is 49.3 Å². The van der Waals surface area contributed by atoms with Crippen molar-refractivity contribution in [3.05, 3.63) is 79.1 Å². The fraction of sp³-hybridized carbons (Fsp3) is 0.143. The van der Waals surface area contributed by atoms with Crippen molar-refractivity contribution in [1.29, 1.82) is 0 Å². The molecule has 1 amide bonds. The van der Waals surface area contributed by atoms with Crippen LogP contribution in [0.2, 0.25) is 0 Å². The van der Waals surface area contributed by atoms with Crippen LogP contribution in [0.5, 0.6) is 5.75 Å². The summed E-state index contributed by atoms with van der Waals surface area (Å²) in [4.78, 5) is 28.4. The number of benzene rings is 2. The first-order chi connectivity index (χ1) is 14.5. The van der Waals surface area contributed by atoms with Crippen molar-refractivity contribution in [3.63, 3.8) is 0 Å². The molecule has 7 nitrogen and oxygen atoms in total. The largest absolute Gasteiger partial charge is 0.497 e. The molecule has 3 heterocycles. The maximum absolute atomic E-state index is 13.5. The smallest absolute Gasteiger partial charge is 0.297 e. The first kappa shape index (κ1) is 19.0. The number of fused-ring (bicyclic) bond motifs is 2. The van der Waals surface area contributed by atoms with E-state index in [2.05, 4.69) is 26.1 Å². The maximum atomic E-state index is 13.5. The van der Waals surface area contributed by atoms with E-state index in [-0.39, 0.29) is 11.2 Å². The standard InChI is InChI=1S/C21H14BrN3O4S/c1-10-23-24-21(30-10)25-17(11-4-3-5-12(22)8-11)16-18(26)14-7-6-13(28-2)9-15(14)29-19(16)20(25)27/h3-9,17H,1-2H3/t17-/m0/s1. The first-order valence-corrected chi connectivity index (χ1v) is 10.6. The third-order valence-corrected chi connectivity index (χ3v) is 6.30. The van der Waals surface area contributed by atoms with Crippen LogP contribution in [0.3, 0.4) is 0 Å². The van der Waals surface area contributed by atoms with Gasteiger partial charge in [0.15, 0.2) is 5.43 Å². The van der Waals surface area contributed by atoms with Gasteiger partial charge in [-0.05, 0) is 36.8 Å². The molecule has 0 bridgehead atoms. The minimum absolute atomic E-state index is 0.0126. The molecule has 0 radical (unpaired) electrons. The van der Waals surface area contributed by atoms with E-state index in [0.717, 1.165) is 15.0 Å². The summed E-state index contributed by atoms with van der Waals surface area (Å²) in [7, 11) is 1.53. The van der Waals surface area contributed by atoms with Gasteiger partial charge >= 0.3 is 0 Å². The van der Waals surface area contributed by atoms with E-state index >= 15 is 0 Å². The normalized spacial score (nSPS) is 15.6. The number of hydrogen-bond acceptors (Lipinski definition) is 7. The number of ether oxygens (including phenoxy) is 1. The number of rotatable bonds is 3. The second-order valence-electron chi connectivity index (χ2n) is 6.77. The molecule has 2 aromatic carbocycles. The number of amides is 1. The predicted octanol–water partition coefficient (Wildman–Crippen LogP) is 4.47. The van der Waals surface area contributed by atoms with Gasteiger partial charge in [0.1, 0.15) is 16.3 Å². The maximum Gasteiger partial charge on any atom is 0.297 e. The molecule has 0 aliphatic carbocycles. The molecule has 0 saturated heterocycles. The molecular weight excluding hydrogens is 470 g/mol. The highest BCUT2D eigenvalue weighted by Crippen LogP contribution is 2.42. The van der Waals surface area contributed by atoms with Crippen molar-refractivity contribution in [2.75, 3.05) is 12.0 Å². The fourth-order valence-electron chi connectivity index (χ4n) is 3.65. The van der Waals surface area contributed by atoms with Gasteiger partial charge in [0.25, 0.3) is 5.91 Å². The van der Waals surface area contributed by atoms with Crippen LogP contribution in [-0.4, -0.2) is 23.2 Å². The van der Waals surface area contributed by atoms with E-state index in [1.165, 1.54) is 23.3 Å². The van der Waals surface area contributed by atoms with Crippen LogP contribution in [0.4, 0.5) is 5.13 Å². The Morgan fingerprint density at radius 3 is 2.70 bits per heavy atom. The van der Waals surface area contributed by atoms with Crippen LogP contribution in [0.25, 0.3) is 11.0 Å². The predicted molar refractivity (Wildman–Crippen MR) is 116 cm³/mol. The lowest BCUT2D eigenvalue weighted by atomic mass is 9.99. The van der Waals surface area contributed by atoms with Crippen LogP contribution < -0.4 is 15.1 Å². The molecule has 150 valence electrons. The van der Waals surface area contributed by atoms with Gasteiger partial charge in [-0.3, -0.25) is 14.5 Å². The molecule has 0 fully saturated rings. The molecule has 0 spiro atoms. The van der Waals surface area contributed by atoms with Gasteiger partial charge in [-0.2, -0.15) is 0 Å². The Balaban J connectivity index is 1.82. The highest BCUT2D eigenvalue weighted by atomic mass is 79.9. The van der Waals surface area contributed by atoms with E-state index in [0.29, 0.717) is 27.4 Å². The first-order valence-electron chi connectivity index (χ1n) is 9.02. The van der Waals surface area contributed by atoms with Gasteiger partial charge in [-0.15, -0.1) is 10.2 Å². The second-order valence-corrected chi connectivity index (χ2v) is 8.85. The highest BCUT2D eigenvalue weighted by Gasteiger charge is 2.45. The quantitative estimate of drug-likeness (QED) is 0.427. The minimum Gasteiger partial charge on any atom is -0.497 e. The molecule has 5 rings (SSSR count). The monoisotopic (exact) mass is 483 g/mol. The number of aromatic nitrogens is 2. The molecule has 0 N–H and O–H groups in total. The summed E-state index contributed by atoms with van der Waals surface area (Å²) in [6.45, 7) is 1.81. The van der Waals surface area contributed by atoms with Crippen molar-refractivity contribution in [2.45, 2.75) is 13.0 Å². The number of nitrogens with zero attached hydrogens (tertiary/aromatic N) is 3. The Morgan fingerprint density at radius 1 is 1.17 bits per heavy atom. The Hall–Kier alpha value is -3.04. The van der Waals surface area contributed by atoms with Crippen molar-refractivity contribution in [2.24, 2.45) is 0 Å². The average Bonchev–Trinajstić information content (AvgIpc) is 3.29. The SMILES string of the molecule is COc1ccc2c(=O)c3c(oc2c1)C(=O)N(c1nnc(C)s1)[C@H]3c1cccc(Br)c1. The highest BCUT2D eigenvalue weighted by molar-refractivity contribution is 9.10. The number of methoxy groups -OCH3 is 1. The van der Waals surface area contributed by atoms with Crippen LogP contribution >= 0.6 is 27.3 Å². The second kappa shape index (κ2) is 7.03. The average molecular weight is 484 g/mol. The van der Waals surface area contributed by atoms with E-state index < -0.39 is 11.9 Å². The summed E-state index contributed by atoms with van der Waals surface area (Å²) >= 11 is 4.76. The minimum atomic E-state index is -0.667. The zero-order valence-corrected chi connectivity index (χ0v) is 18.3. The van der Waals surface area contributed by atoms with Gasteiger partial charge in [-0.25, -0.2) is 0 Å². The molecule has 9 heteroatoms. The molecular formula is C21H14BrN3O4S. The van der Waals surface area contributed by atoms with Gasteiger partial charge in [0, 0.05) is 10.5 Å². The van der Waals surface area contributed by atoms with Crippen LogP contribution in [-0.2, 0) is 0 Å². The molecule has 1 aliphatic heterocycles. The number of anilines is 1. The van der Waals surface area contributed by atoms with Gasteiger partial charge < -0.3 is 9.15 Å². The topological polar surface area (TPSA) is 85.5 Å². The number of carbonyl (C=O) groups is 1. The molecule has 0 saturated carbocycles. The van der Waals surface area contributed by atoms with Crippen molar-refractivity contribution in [1.82, 2.24) is 10.2 Å². The zero-order chi connectivity index (χ0) is 21.0. The fourth-order valence-corrected chi connectivity index (χ4v) is 4.78. The summed E-state index contributed by atoms with van der Waals surface area (Å²) in [5, 5.41) is 9.72. The number of aryl methyl sites for hydroxylation is 1. The van der Waals surface area contributed by atoms with Crippen molar-refractivity contribution in [3.8, 4) is 5.75 Å². The number of halogens is 1. The third-order valence-electron chi connectivity index (χ3n) is 4.97. The van der Waals surface area contributed by atoms with Gasteiger partial charge in [0.2, 0.25) is 10.9 Å². The summed E-state index contributed by atoms with van der Waals surface area (Å²) in [6.07, 6.45) is 0. The lowest BCUT2D eigenvalue weighted by molar-refractivity contribution is 0.0970. The lowest BCUT2D eigenvalue weighted by Gasteiger charge is -2.22. The van der Waals surface area contributed by atoms with E-state index in [1.807, 2.05) is 31.2 Å². The molecule has 4 aromatic rings. The molecule has 1 atom stereocenters. The Kier molecular flexibility index (Phi) is 4.44. The summed E-state index contributed by atoms with van der Waals surface area (Å²) in [5.41, 5.74) is 1.11. The number of carbonyl (C=O) groups excluding carboxylic acids is 1. The van der Waals surface area contributed by atoms with Crippen LogP contribution in [0.15, 0.2) is 56.1 Å². The summed E-state index contributed by atoms with van der Waals surface area (Å²) < 4.78 is 12.0. The van der Waals surface area contributed by atoms with Crippen LogP contribution in [0.1, 0.15) is 32.7 Å². The zero-order valence-electron chi connectivity index (χ0n) is 15.9. The third kappa shape index (κ3) is 2.85. The lowest BCUT2D eigenvalue weighted by Crippen LogP contribution is -2.29. The van der Waals surface area contributed by atoms with E-state index in [4.69, 9.17) is 9.15 Å². The van der Waals surface area contributed by atoms with Gasteiger partial charge in [0.05, 0.1) is 24.1 Å². The van der Waals surface area contributed by atoms with E-state index in [1.54, 1.807) is 18.2 Å². The molecule has 0 unspecified atom stereocenters. The molecule has 1 aliphatic rings. The summed E-state index contributed by atoms with van der Waals surface area (Å²) in [5.74, 6) is 0.128. The molecule has 2 aromatic heterocycles. The molecule has 30 heavy (non-hydrogen) atoms.